The lowest BCUT2D eigenvalue weighted by molar-refractivity contribution is -0.279. The van der Waals surface area contributed by atoms with E-state index in [1.165, 1.54) is 6.92 Å². The molecular weight excluding hydrogens is 324 g/mol. The van der Waals surface area contributed by atoms with E-state index in [1.807, 2.05) is 13.0 Å². The van der Waals surface area contributed by atoms with Gasteiger partial charge in [-0.1, -0.05) is 25.5 Å². The van der Waals surface area contributed by atoms with Gasteiger partial charge in [0, 0.05) is 39.4 Å². The minimum absolute atomic E-state index is 0.0451. The number of hydrogen-bond donors (Lipinski definition) is 1. The number of aliphatic hydroxyl groups is 1. The molecule has 3 aliphatic rings. The molecule has 1 heterocycles. The number of methoxy groups -OCH3 is 2. The van der Waals surface area contributed by atoms with E-state index >= 15 is 0 Å². The molecule has 3 rings (SSSR count). The molecule has 0 radical (unpaired) electrons. The first kappa shape index (κ1) is 18.8. The number of esters is 1. The van der Waals surface area contributed by atoms with Crippen molar-refractivity contribution in [2.75, 3.05) is 14.2 Å². The third kappa shape index (κ3) is 2.65. The molecule has 2 aliphatic carbocycles. The van der Waals surface area contributed by atoms with Gasteiger partial charge in [0.25, 0.3) is 0 Å². The number of hydrogen-bond acceptors (Lipinski definition) is 6. The van der Waals surface area contributed by atoms with Crippen LogP contribution in [0.4, 0.5) is 0 Å². The Labute approximate surface area is 149 Å². The molecule has 1 N–H and O–H groups in total. The van der Waals surface area contributed by atoms with Crippen molar-refractivity contribution >= 4 is 5.97 Å². The van der Waals surface area contributed by atoms with E-state index in [4.69, 9.17) is 18.9 Å². The maximum absolute atomic E-state index is 11.8. The summed E-state index contributed by atoms with van der Waals surface area (Å²) in [5, 5.41) is 11.0. The molecule has 1 saturated carbocycles. The average molecular weight is 354 g/mol. The zero-order valence-corrected chi connectivity index (χ0v) is 15.9. The van der Waals surface area contributed by atoms with Crippen molar-refractivity contribution in [3.05, 3.63) is 11.6 Å². The standard InChI is InChI=1S/C19H30O6/c1-10-7-13(22-5)16(21)15-12-9-18(3,4)19(12,25-17(15)23-6)14(8-10)24-11(2)20/h7,12-17,21H,8-9H2,1-6H3/b10-7+/t12-,13-,14+,15+,16+,17-,19-/m0/s1. The Balaban J connectivity index is 2.11. The highest BCUT2D eigenvalue weighted by molar-refractivity contribution is 5.66. The largest absolute Gasteiger partial charge is 0.459 e. The molecule has 0 aromatic carbocycles. The maximum atomic E-state index is 11.8. The van der Waals surface area contributed by atoms with Crippen LogP contribution in [0.5, 0.6) is 0 Å². The minimum atomic E-state index is -0.746. The topological polar surface area (TPSA) is 74.2 Å². The zero-order chi connectivity index (χ0) is 18.6. The Hall–Kier alpha value is -0.950. The Morgan fingerprint density at radius 3 is 2.52 bits per heavy atom. The number of carbonyl (C=O) groups excluding carboxylic acids is 1. The summed E-state index contributed by atoms with van der Waals surface area (Å²) >= 11 is 0. The summed E-state index contributed by atoms with van der Waals surface area (Å²) in [6.07, 6.45) is 1.20. The Morgan fingerprint density at radius 2 is 2.00 bits per heavy atom. The fourth-order valence-electron chi connectivity index (χ4n) is 5.36. The van der Waals surface area contributed by atoms with Gasteiger partial charge < -0.3 is 24.1 Å². The lowest BCUT2D eigenvalue weighted by Gasteiger charge is -2.61. The van der Waals surface area contributed by atoms with E-state index < -0.39 is 30.2 Å². The SMILES string of the molecule is CO[C@H]1O[C@]23[C@H](OC(C)=O)C/C(C)=C/[C@H](OC)[C@@H](O)[C@H]1[C@@H]2CC3(C)C. The van der Waals surface area contributed by atoms with Crippen molar-refractivity contribution < 1.29 is 28.8 Å². The fourth-order valence-corrected chi connectivity index (χ4v) is 5.36. The van der Waals surface area contributed by atoms with Gasteiger partial charge in [0.1, 0.15) is 17.8 Å². The molecule has 0 unspecified atom stereocenters. The number of rotatable bonds is 3. The van der Waals surface area contributed by atoms with Gasteiger partial charge >= 0.3 is 5.97 Å². The predicted octanol–water partition coefficient (Wildman–Crippen LogP) is 2.05. The maximum Gasteiger partial charge on any atom is 0.303 e. The molecule has 0 aromatic heterocycles. The molecule has 6 heteroatoms. The first-order chi connectivity index (χ1) is 11.7. The van der Waals surface area contributed by atoms with Gasteiger partial charge in [-0.3, -0.25) is 4.79 Å². The molecule has 6 nitrogen and oxygen atoms in total. The highest BCUT2D eigenvalue weighted by Crippen LogP contribution is 2.67. The molecule has 1 aliphatic heterocycles. The quantitative estimate of drug-likeness (QED) is 0.618. The van der Waals surface area contributed by atoms with Crippen molar-refractivity contribution in [2.24, 2.45) is 17.3 Å². The van der Waals surface area contributed by atoms with Crippen molar-refractivity contribution in [2.45, 2.75) is 70.7 Å². The second-order valence-corrected chi connectivity index (χ2v) is 8.29. The van der Waals surface area contributed by atoms with Crippen molar-refractivity contribution in [1.82, 2.24) is 0 Å². The van der Waals surface area contributed by atoms with Crippen LogP contribution in [0.15, 0.2) is 11.6 Å². The smallest absolute Gasteiger partial charge is 0.303 e. The highest BCUT2D eigenvalue weighted by Gasteiger charge is 2.75. The molecule has 0 amide bonds. The minimum Gasteiger partial charge on any atom is -0.459 e. The third-order valence-electron chi connectivity index (χ3n) is 6.41. The second-order valence-electron chi connectivity index (χ2n) is 8.29. The summed E-state index contributed by atoms with van der Waals surface area (Å²) < 4.78 is 23.3. The van der Waals surface area contributed by atoms with Crippen LogP contribution in [0.2, 0.25) is 0 Å². The lowest BCUT2D eigenvalue weighted by atomic mass is 9.47. The van der Waals surface area contributed by atoms with Crippen LogP contribution < -0.4 is 0 Å². The third-order valence-corrected chi connectivity index (χ3v) is 6.41. The van der Waals surface area contributed by atoms with Crippen LogP contribution in [0.25, 0.3) is 0 Å². The van der Waals surface area contributed by atoms with Crippen LogP contribution in [-0.2, 0) is 23.7 Å². The van der Waals surface area contributed by atoms with E-state index in [9.17, 15) is 9.90 Å². The summed E-state index contributed by atoms with van der Waals surface area (Å²) in [6, 6.07) is 0. The number of ether oxygens (including phenoxy) is 4. The van der Waals surface area contributed by atoms with E-state index in [1.54, 1.807) is 14.2 Å². The molecule has 0 spiro atoms. The summed E-state index contributed by atoms with van der Waals surface area (Å²) in [6.45, 7) is 7.66. The van der Waals surface area contributed by atoms with Gasteiger partial charge in [-0.05, 0) is 18.8 Å². The molecule has 7 atom stereocenters. The van der Waals surface area contributed by atoms with Gasteiger partial charge in [-0.25, -0.2) is 0 Å². The van der Waals surface area contributed by atoms with Crippen LogP contribution in [-0.4, -0.2) is 55.5 Å². The molecule has 142 valence electrons. The van der Waals surface area contributed by atoms with E-state index in [0.29, 0.717) is 6.42 Å². The van der Waals surface area contributed by atoms with E-state index in [2.05, 4.69) is 13.8 Å². The van der Waals surface area contributed by atoms with Crippen LogP contribution in [0, 0.1) is 17.3 Å². The summed E-state index contributed by atoms with van der Waals surface area (Å²) in [5.41, 5.74) is 0.164. The zero-order valence-electron chi connectivity index (χ0n) is 15.9. The van der Waals surface area contributed by atoms with E-state index in [-0.39, 0.29) is 23.2 Å². The van der Waals surface area contributed by atoms with Gasteiger partial charge in [-0.15, -0.1) is 0 Å². The highest BCUT2D eigenvalue weighted by atomic mass is 16.7. The molecular formula is C19H30O6. The van der Waals surface area contributed by atoms with Crippen LogP contribution in [0.1, 0.15) is 40.5 Å². The second kappa shape index (κ2) is 6.34. The average Bonchev–Trinajstić information content (AvgIpc) is 2.82. The van der Waals surface area contributed by atoms with Crippen LogP contribution in [0.3, 0.4) is 0 Å². The monoisotopic (exact) mass is 354 g/mol. The van der Waals surface area contributed by atoms with E-state index in [0.717, 1.165) is 12.0 Å². The first-order valence-electron chi connectivity index (χ1n) is 8.94. The van der Waals surface area contributed by atoms with Crippen molar-refractivity contribution in [3.8, 4) is 0 Å². The fraction of sp³-hybridized carbons (Fsp3) is 0.842. The summed E-state index contributed by atoms with van der Waals surface area (Å²) in [4.78, 5) is 11.8. The summed E-state index contributed by atoms with van der Waals surface area (Å²) in [5.74, 6) is -0.510. The Bertz CT molecular complexity index is 570. The van der Waals surface area contributed by atoms with Gasteiger partial charge in [-0.2, -0.15) is 0 Å². The molecule has 1 saturated heterocycles. The van der Waals surface area contributed by atoms with Crippen LogP contribution >= 0.6 is 0 Å². The molecule has 0 aromatic rings. The number of carbonyl (C=O) groups is 1. The predicted molar refractivity (Wildman–Crippen MR) is 90.7 cm³/mol. The molecule has 25 heavy (non-hydrogen) atoms. The number of aliphatic hydroxyl groups excluding tert-OH is 1. The van der Waals surface area contributed by atoms with Gasteiger partial charge in [0.2, 0.25) is 0 Å². The normalized spacial score (nSPS) is 47.4. The van der Waals surface area contributed by atoms with Crippen molar-refractivity contribution in [1.29, 1.82) is 0 Å². The Morgan fingerprint density at radius 1 is 1.32 bits per heavy atom. The van der Waals surface area contributed by atoms with Gasteiger partial charge in [0.05, 0.1) is 6.10 Å². The lowest BCUT2D eigenvalue weighted by Crippen LogP contribution is -2.68. The van der Waals surface area contributed by atoms with Crippen molar-refractivity contribution in [3.63, 3.8) is 0 Å². The Kier molecular flexibility index (Phi) is 4.77. The summed E-state index contributed by atoms with van der Waals surface area (Å²) in [7, 11) is 3.18. The first-order valence-corrected chi connectivity index (χ1v) is 8.94. The molecule has 2 fully saturated rings. The van der Waals surface area contributed by atoms with Gasteiger partial charge in [0.15, 0.2) is 6.29 Å². The molecule has 2 bridgehead atoms.